The lowest BCUT2D eigenvalue weighted by Gasteiger charge is -2.04. The molecule has 0 aromatic rings. The highest BCUT2D eigenvalue weighted by molar-refractivity contribution is 7.85. The van der Waals surface area contributed by atoms with E-state index in [1.165, 1.54) is 148 Å². The molecule has 0 aliphatic rings. The second kappa shape index (κ2) is 25.5. The van der Waals surface area contributed by atoms with Crippen LogP contribution in [0, 0.1) is 0 Å². The maximum Gasteiger partial charge on any atom is 0.264 e. The molecule has 0 rings (SSSR count). The first kappa shape index (κ1) is 31.9. The zero-order valence-electron chi connectivity index (χ0n) is 21.8. The Hall–Kier alpha value is -0.0900. The summed E-state index contributed by atoms with van der Waals surface area (Å²) in [7, 11) is -3.75. The fraction of sp³-hybridized carbons (Fsp3) is 1.00. The first-order valence-corrected chi connectivity index (χ1v) is 16.1. The molecule has 4 heteroatoms. The number of hydrogen-bond donors (Lipinski definition) is 1. The van der Waals surface area contributed by atoms with E-state index >= 15 is 0 Å². The molecular weight excluding hydrogens is 416 g/mol. The summed E-state index contributed by atoms with van der Waals surface area (Å²) in [4.78, 5) is 0. The van der Waals surface area contributed by atoms with Crippen molar-refractivity contribution < 1.29 is 13.0 Å². The molecule has 0 saturated carbocycles. The van der Waals surface area contributed by atoms with Crippen molar-refractivity contribution >= 4 is 10.1 Å². The lowest BCUT2D eigenvalue weighted by Crippen LogP contribution is -2.03. The van der Waals surface area contributed by atoms with E-state index in [1.807, 2.05) is 0 Å². The summed E-state index contributed by atoms with van der Waals surface area (Å²) in [6.07, 6.45) is 35.0. The molecule has 0 aromatic heterocycles. The number of unbranched alkanes of at least 4 members (excludes halogenated alkanes) is 25. The van der Waals surface area contributed by atoms with Crippen LogP contribution >= 0.6 is 0 Å². The Kier molecular flexibility index (Phi) is 25.5. The molecule has 0 heterocycles. The third-order valence-electron chi connectivity index (χ3n) is 6.76. The first-order valence-electron chi connectivity index (χ1n) is 14.5. The molecule has 0 atom stereocenters. The average molecular weight is 475 g/mol. The van der Waals surface area contributed by atoms with Gasteiger partial charge in [0.2, 0.25) is 0 Å². The molecule has 0 aliphatic heterocycles. The second-order valence-corrected chi connectivity index (χ2v) is 11.7. The Morgan fingerprint density at radius 2 is 0.562 bits per heavy atom. The van der Waals surface area contributed by atoms with E-state index in [4.69, 9.17) is 4.55 Å². The Morgan fingerprint density at radius 3 is 0.750 bits per heavy atom. The van der Waals surface area contributed by atoms with Crippen molar-refractivity contribution in [2.24, 2.45) is 0 Å². The predicted molar refractivity (Wildman–Crippen MR) is 142 cm³/mol. The van der Waals surface area contributed by atoms with Crippen LogP contribution in [0.4, 0.5) is 0 Å². The van der Waals surface area contributed by atoms with Gasteiger partial charge in [-0.3, -0.25) is 4.55 Å². The van der Waals surface area contributed by atoms with Crippen molar-refractivity contribution in [2.45, 2.75) is 174 Å². The smallest absolute Gasteiger partial charge is 0.264 e. The van der Waals surface area contributed by atoms with E-state index in [-0.39, 0.29) is 5.75 Å². The summed E-state index contributed by atoms with van der Waals surface area (Å²) >= 11 is 0. The summed E-state index contributed by atoms with van der Waals surface area (Å²) < 4.78 is 29.9. The van der Waals surface area contributed by atoms with Gasteiger partial charge in [0.15, 0.2) is 0 Å². The van der Waals surface area contributed by atoms with Crippen LogP contribution in [0.3, 0.4) is 0 Å². The van der Waals surface area contributed by atoms with Gasteiger partial charge in [-0.05, 0) is 6.42 Å². The third kappa shape index (κ3) is 29.9. The van der Waals surface area contributed by atoms with Crippen molar-refractivity contribution in [3.8, 4) is 0 Å². The van der Waals surface area contributed by atoms with Crippen LogP contribution in [0.5, 0.6) is 0 Å². The van der Waals surface area contributed by atoms with Gasteiger partial charge in [0.1, 0.15) is 0 Å². The lowest BCUT2D eigenvalue weighted by molar-refractivity contribution is 0.478. The van der Waals surface area contributed by atoms with Crippen molar-refractivity contribution in [3.63, 3.8) is 0 Å². The monoisotopic (exact) mass is 474 g/mol. The lowest BCUT2D eigenvalue weighted by atomic mass is 10.0. The molecule has 0 radical (unpaired) electrons. The standard InChI is InChI=1S/C28H58O3S/c1-2-3-4-5-6-7-8-9-10-11-12-13-14-15-16-17-18-19-20-21-22-23-24-25-26-27-28-32(29,30)31/h2-28H2,1H3,(H,29,30,31). The van der Waals surface area contributed by atoms with Crippen LogP contribution in [0.2, 0.25) is 0 Å². The van der Waals surface area contributed by atoms with E-state index in [1.54, 1.807) is 0 Å². The first-order chi connectivity index (χ1) is 15.6. The van der Waals surface area contributed by atoms with Crippen LogP contribution in [0.15, 0.2) is 0 Å². The van der Waals surface area contributed by atoms with E-state index in [9.17, 15) is 8.42 Å². The largest absolute Gasteiger partial charge is 0.286 e. The van der Waals surface area contributed by atoms with Gasteiger partial charge in [-0.2, -0.15) is 8.42 Å². The fourth-order valence-electron chi connectivity index (χ4n) is 4.60. The van der Waals surface area contributed by atoms with Crippen molar-refractivity contribution in [2.75, 3.05) is 5.75 Å². The third-order valence-corrected chi connectivity index (χ3v) is 7.56. The van der Waals surface area contributed by atoms with Crippen molar-refractivity contribution in [1.82, 2.24) is 0 Å². The number of hydrogen-bond acceptors (Lipinski definition) is 2. The minimum Gasteiger partial charge on any atom is -0.286 e. The highest BCUT2D eigenvalue weighted by atomic mass is 32.2. The maximum absolute atomic E-state index is 10.6. The molecular formula is C28H58O3S. The SMILES string of the molecule is CCCCCCCCCCCCCCCCCCCCCCCCCCCCS(=O)(=O)O. The van der Waals surface area contributed by atoms with Gasteiger partial charge in [0.05, 0.1) is 5.75 Å². The molecule has 0 aliphatic carbocycles. The molecule has 3 nitrogen and oxygen atoms in total. The van der Waals surface area contributed by atoms with Crippen LogP contribution < -0.4 is 0 Å². The van der Waals surface area contributed by atoms with Gasteiger partial charge in [-0.1, -0.05) is 167 Å². The highest BCUT2D eigenvalue weighted by Crippen LogP contribution is 2.16. The van der Waals surface area contributed by atoms with Gasteiger partial charge in [-0.25, -0.2) is 0 Å². The summed E-state index contributed by atoms with van der Waals surface area (Å²) in [6, 6.07) is 0. The topological polar surface area (TPSA) is 54.4 Å². The fourth-order valence-corrected chi connectivity index (χ4v) is 5.17. The Bertz CT molecular complexity index is 448. The molecule has 0 spiro atoms. The molecule has 32 heavy (non-hydrogen) atoms. The van der Waals surface area contributed by atoms with Gasteiger partial charge < -0.3 is 0 Å². The minimum absolute atomic E-state index is 0.0770. The molecule has 1 N–H and O–H groups in total. The summed E-state index contributed by atoms with van der Waals surface area (Å²) in [5, 5.41) is 0. The number of rotatable bonds is 27. The summed E-state index contributed by atoms with van der Waals surface area (Å²) in [6.45, 7) is 2.29. The van der Waals surface area contributed by atoms with Gasteiger partial charge in [0, 0.05) is 0 Å². The molecule has 0 aromatic carbocycles. The van der Waals surface area contributed by atoms with E-state index in [0.29, 0.717) is 6.42 Å². The normalized spacial score (nSPS) is 11.9. The van der Waals surface area contributed by atoms with Crippen molar-refractivity contribution in [1.29, 1.82) is 0 Å². The van der Waals surface area contributed by atoms with Crippen LogP contribution in [0.25, 0.3) is 0 Å². The van der Waals surface area contributed by atoms with Crippen LogP contribution in [-0.4, -0.2) is 18.7 Å². The van der Waals surface area contributed by atoms with Gasteiger partial charge in [0.25, 0.3) is 10.1 Å². The highest BCUT2D eigenvalue weighted by Gasteiger charge is 2.02. The quantitative estimate of drug-likeness (QED) is 0.0951. The summed E-state index contributed by atoms with van der Waals surface area (Å²) in [5.41, 5.74) is 0. The molecule has 0 fully saturated rings. The zero-order valence-corrected chi connectivity index (χ0v) is 22.6. The zero-order chi connectivity index (χ0) is 23.6. The van der Waals surface area contributed by atoms with E-state index in [2.05, 4.69) is 6.92 Å². The minimum atomic E-state index is -3.75. The Labute approximate surface area is 202 Å². The van der Waals surface area contributed by atoms with Gasteiger partial charge >= 0.3 is 0 Å². The second-order valence-electron chi connectivity index (χ2n) is 10.1. The predicted octanol–water partition coefficient (Wildman–Crippen LogP) is 10.0. The summed E-state index contributed by atoms with van der Waals surface area (Å²) in [5.74, 6) is -0.0770. The Balaban J connectivity index is 3.04. The van der Waals surface area contributed by atoms with E-state index in [0.717, 1.165) is 12.8 Å². The molecule has 0 bridgehead atoms. The van der Waals surface area contributed by atoms with Crippen LogP contribution in [0.1, 0.15) is 174 Å². The van der Waals surface area contributed by atoms with Gasteiger partial charge in [-0.15, -0.1) is 0 Å². The maximum atomic E-state index is 10.6. The average Bonchev–Trinajstić information content (AvgIpc) is 2.75. The Morgan fingerprint density at radius 1 is 0.375 bits per heavy atom. The molecule has 0 saturated heterocycles. The molecule has 0 amide bonds. The van der Waals surface area contributed by atoms with E-state index < -0.39 is 10.1 Å². The molecule has 194 valence electrons. The van der Waals surface area contributed by atoms with Crippen LogP contribution in [-0.2, 0) is 10.1 Å². The molecule has 0 unspecified atom stereocenters. The van der Waals surface area contributed by atoms with Crippen molar-refractivity contribution in [3.05, 3.63) is 0 Å².